The van der Waals surface area contributed by atoms with E-state index in [9.17, 15) is 24.3 Å². The molecule has 0 amide bonds. The fraction of sp³-hybridized carbons (Fsp3) is 0.907. The Morgan fingerprint density at radius 3 is 1.62 bits per heavy atom. The molecule has 1 N–H and O–H groups in total. The zero-order valence-corrected chi connectivity index (χ0v) is 36.5. The highest BCUT2D eigenvalue weighted by Gasteiger charge is 2.57. The van der Waals surface area contributed by atoms with Crippen molar-refractivity contribution in [3.63, 3.8) is 0 Å². The second-order valence-electron chi connectivity index (χ2n) is 16.6. The summed E-state index contributed by atoms with van der Waals surface area (Å²) in [6.07, 6.45) is -0.119. The number of rotatable bonds is 27. The summed E-state index contributed by atoms with van der Waals surface area (Å²) in [5.74, 6) is -4.37. The minimum atomic E-state index is -1.77. The first-order valence-corrected chi connectivity index (χ1v) is 22.0. The first-order valence-electron chi connectivity index (χ1n) is 22.0. The van der Waals surface area contributed by atoms with Crippen LogP contribution in [0.1, 0.15) is 171 Å². The molecule has 0 aromatic rings. The Hall–Kier alpha value is -2.40. The van der Waals surface area contributed by atoms with Crippen LogP contribution in [0.2, 0.25) is 0 Å². The fourth-order valence-corrected chi connectivity index (χ4v) is 7.25. The highest BCUT2D eigenvalue weighted by Crippen LogP contribution is 2.39. The largest absolute Gasteiger partial charge is 0.463 e. The zero-order chi connectivity index (χ0) is 42.7. The molecule has 0 aliphatic carbocycles. The van der Waals surface area contributed by atoms with Crippen LogP contribution in [0.25, 0.3) is 0 Å². The van der Waals surface area contributed by atoms with Gasteiger partial charge in [-0.15, -0.1) is 0 Å². The minimum absolute atomic E-state index is 0.0511. The van der Waals surface area contributed by atoms with Crippen LogP contribution in [-0.4, -0.2) is 109 Å². The summed E-state index contributed by atoms with van der Waals surface area (Å²) >= 11 is 0. The van der Waals surface area contributed by atoms with Crippen LogP contribution >= 0.6 is 0 Å². The van der Waals surface area contributed by atoms with Gasteiger partial charge in [0, 0.05) is 25.7 Å². The van der Waals surface area contributed by atoms with Gasteiger partial charge in [0.25, 0.3) is 0 Å². The van der Waals surface area contributed by atoms with Gasteiger partial charge < -0.3 is 52.5 Å². The molecule has 3 saturated heterocycles. The van der Waals surface area contributed by atoms with Crippen molar-refractivity contribution >= 4 is 23.9 Å². The van der Waals surface area contributed by atoms with Gasteiger partial charge in [-0.2, -0.15) is 0 Å². The van der Waals surface area contributed by atoms with Crippen LogP contribution in [0.5, 0.6) is 0 Å². The van der Waals surface area contributed by atoms with Gasteiger partial charge in [-0.25, -0.2) is 0 Å². The lowest BCUT2D eigenvalue weighted by molar-refractivity contribution is -0.347. The van der Waals surface area contributed by atoms with E-state index >= 15 is 0 Å². The third-order valence-corrected chi connectivity index (χ3v) is 10.4. The molecule has 0 saturated carbocycles. The Balaban J connectivity index is 2.02. The van der Waals surface area contributed by atoms with Crippen LogP contribution in [0.3, 0.4) is 0 Å². The van der Waals surface area contributed by atoms with Gasteiger partial charge in [0.15, 0.2) is 36.2 Å². The Morgan fingerprint density at radius 1 is 0.603 bits per heavy atom. The van der Waals surface area contributed by atoms with E-state index < -0.39 is 97.4 Å². The van der Waals surface area contributed by atoms with E-state index in [0.717, 1.165) is 64.2 Å². The summed E-state index contributed by atoms with van der Waals surface area (Å²) < 4.78 is 60.7. The van der Waals surface area contributed by atoms with Crippen molar-refractivity contribution in [2.75, 3.05) is 13.2 Å². The van der Waals surface area contributed by atoms with E-state index in [0.29, 0.717) is 25.7 Å². The van der Waals surface area contributed by atoms with Crippen molar-refractivity contribution in [1.29, 1.82) is 0 Å². The monoisotopic (exact) mass is 831 g/mol. The molecule has 0 aromatic heterocycles. The topological polar surface area (TPSA) is 181 Å². The van der Waals surface area contributed by atoms with E-state index in [2.05, 4.69) is 6.92 Å². The minimum Gasteiger partial charge on any atom is -0.463 e. The van der Waals surface area contributed by atoms with E-state index in [-0.39, 0.29) is 32.3 Å². The number of ether oxygens (including phenoxy) is 10. The van der Waals surface area contributed by atoms with Gasteiger partial charge in [0.1, 0.15) is 31.0 Å². The molecule has 0 radical (unpaired) electrons. The SMILES string of the molecule is CCCCCCCC(=O)O[C@@H]1[C@H](OC(O)[C@H]2OC(C)(C)O[C@H]2[C@H]2COC(C)(C)O2)O[C@H](COC(=O)CCCCC)[C@@H](OC(=O)CCCCC)[C@@H]1OC(=O)CCCCC. The average Bonchev–Trinajstić information content (AvgIpc) is 3.70. The van der Waals surface area contributed by atoms with Crippen molar-refractivity contribution in [3.05, 3.63) is 0 Å². The van der Waals surface area contributed by atoms with E-state index in [1.165, 1.54) is 0 Å². The van der Waals surface area contributed by atoms with Crippen molar-refractivity contribution in [3.8, 4) is 0 Å². The summed E-state index contributed by atoms with van der Waals surface area (Å²) in [6.45, 7) is 14.8. The van der Waals surface area contributed by atoms with Gasteiger partial charge in [0.05, 0.1) is 6.61 Å². The van der Waals surface area contributed by atoms with E-state index in [1.54, 1.807) is 27.7 Å². The van der Waals surface area contributed by atoms with Crippen LogP contribution in [0.15, 0.2) is 0 Å². The maximum absolute atomic E-state index is 13.6. The molecule has 15 nitrogen and oxygen atoms in total. The predicted molar refractivity (Wildman–Crippen MR) is 211 cm³/mol. The molecule has 3 fully saturated rings. The number of aliphatic hydroxyl groups excluding tert-OH is 1. The normalized spacial score (nSPS) is 28.2. The third-order valence-electron chi connectivity index (χ3n) is 10.4. The summed E-state index contributed by atoms with van der Waals surface area (Å²) in [4.78, 5) is 53.4. The molecular weight excluding hydrogens is 756 g/mol. The standard InChI is InChI=1S/C43H74O15/c1-9-13-17-18-22-26-34(47)54-39-37(53-33(46)25-21-16-12-4)35(52-32(45)24-20-15-11-3)29(27-49-31(44)23-19-14-10-2)51-41(39)55-40(48)38-36(57-43(7,8)58-38)30-28-50-42(5,6)56-30/h29-30,35-41,48H,9-28H2,1-8H3/t29-,30-,35-,36+,37+,38+,39+,40?,41+/m1/s1. The second kappa shape index (κ2) is 25.4. The highest BCUT2D eigenvalue weighted by atomic mass is 16.8. The molecule has 3 rings (SSSR count). The number of aliphatic hydroxyl groups is 1. The van der Waals surface area contributed by atoms with Crippen molar-refractivity contribution < 1.29 is 71.7 Å². The highest BCUT2D eigenvalue weighted by molar-refractivity contribution is 5.72. The molecule has 3 aliphatic rings. The smallest absolute Gasteiger partial charge is 0.306 e. The van der Waals surface area contributed by atoms with Gasteiger partial charge >= 0.3 is 23.9 Å². The lowest BCUT2D eigenvalue weighted by atomic mass is 9.97. The quantitative estimate of drug-likeness (QED) is 0.0383. The number of hydrogen-bond donors (Lipinski definition) is 1. The molecule has 0 aromatic carbocycles. The Labute approximate surface area is 346 Å². The average molecular weight is 831 g/mol. The summed E-state index contributed by atoms with van der Waals surface area (Å²) in [7, 11) is 0. The number of carbonyl (C=O) groups is 4. The van der Waals surface area contributed by atoms with Gasteiger partial charge in [-0.05, 0) is 53.4 Å². The lowest BCUT2D eigenvalue weighted by Crippen LogP contribution is -2.64. The first-order chi connectivity index (χ1) is 27.6. The summed E-state index contributed by atoms with van der Waals surface area (Å²) in [5, 5.41) is 11.8. The van der Waals surface area contributed by atoms with Crippen LogP contribution < -0.4 is 0 Å². The third kappa shape index (κ3) is 16.9. The number of carbonyl (C=O) groups excluding carboxylic acids is 4. The van der Waals surface area contributed by atoms with Crippen LogP contribution in [0.4, 0.5) is 0 Å². The summed E-state index contributed by atoms with van der Waals surface area (Å²) in [5.41, 5.74) is 0. The van der Waals surface area contributed by atoms with Crippen molar-refractivity contribution in [2.45, 2.75) is 238 Å². The molecule has 0 spiro atoms. The lowest BCUT2D eigenvalue weighted by Gasteiger charge is -2.45. The number of esters is 4. The Morgan fingerprint density at radius 2 is 1.09 bits per heavy atom. The van der Waals surface area contributed by atoms with Crippen LogP contribution in [0, 0.1) is 0 Å². The van der Waals surface area contributed by atoms with Crippen molar-refractivity contribution in [2.24, 2.45) is 0 Å². The number of unbranched alkanes of at least 4 members (excludes halogenated alkanes) is 10. The zero-order valence-electron chi connectivity index (χ0n) is 36.5. The molecule has 58 heavy (non-hydrogen) atoms. The molecule has 3 aliphatic heterocycles. The molecule has 1 unspecified atom stereocenters. The van der Waals surface area contributed by atoms with E-state index in [4.69, 9.17) is 47.4 Å². The van der Waals surface area contributed by atoms with Crippen LogP contribution in [-0.2, 0) is 66.5 Å². The number of hydrogen-bond acceptors (Lipinski definition) is 15. The van der Waals surface area contributed by atoms with Gasteiger partial charge in [-0.3, -0.25) is 19.2 Å². The fourth-order valence-electron chi connectivity index (χ4n) is 7.25. The molecule has 15 heteroatoms. The maximum atomic E-state index is 13.6. The molecular formula is C43H74O15. The molecule has 3 heterocycles. The summed E-state index contributed by atoms with van der Waals surface area (Å²) in [6, 6.07) is 0. The predicted octanol–water partition coefficient (Wildman–Crippen LogP) is 7.10. The van der Waals surface area contributed by atoms with E-state index in [1.807, 2.05) is 20.8 Å². The first kappa shape index (κ1) is 50.0. The Bertz CT molecular complexity index is 1240. The molecule has 336 valence electrons. The maximum Gasteiger partial charge on any atom is 0.306 e. The van der Waals surface area contributed by atoms with Crippen molar-refractivity contribution in [1.82, 2.24) is 0 Å². The van der Waals surface area contributed by atoms with Gasteiger partial charge in [-0.1, -0.05) is 91.9 Å². The second-order valence-corrected chi connectivity index (χ2v) is 16.6. The molecule has 0 bridgehead atoms. The van der Waals surface area contributed by atoms with Gasteiger partial charge in [0.2, 0.25) is 6.29 Å². The Kier molecular flexibility index (Phi) is 21.9. The molecule has 9 atom stereocenters.